The van der Waals surface area contributed by atoms with E-state index in [0.717, 1.165) is 29.0 Å². The molecule has 0 saturated carbocycles. The summed E-state index contributed by atoms with van der Waals surface area (Å²) in [5, 5.41) is 3.09. The third-order valence-corrected chi connectivity index (χ3v) is 3.97. The first-order valence-electron chi connectivity index (χ1n) is 8.27. The van der Waals surface area contributed by atoms with Gasteiger partial charge < -0.3 is 14.8 Å². The fraction of sp³-hybridized carbons (Fsp3) is 0.350. The molecule has 1 atom stereocenters. The van der Waals surface area contributed by atoms with Crippen LogP contribution in [0.2, 0.25) is 0 Å². The Morgan fingerprint density at radius 3 is 2.38 bits per heavy atom. The Morgan fingerprint density at radius 1 is 1.12 bits per heavy atom. The monoisotopic (exact) mass is 327 g/mol. The molecule has 24 heavy (non-hydrogen) atoms. The highest BCUT2D eigenvalue weighted by molar-refractivity contribution is 5.94. The number of carbonyl (C=O) groups is 1. The van der Waals surface area contributed by atoms with Gasteiger partial charge in [-0.1, -0.05) is 19.1 Å². The van der Waals surface area contributed by atoms with Gasteiger partial charge in [0.05, 0.1) is 19.8 Å². The van der Waals surface area contributed by atoms with E-state index in [0.29, 0.717) is 12.2 Å². The van der Waals surface area contributed by atoms with Crippen LogP contribution < -0.4 is 14.8 Å². The van der Waals surface area contributed by atoms with Gasteiger partial charge >= 0.3 is 0 Å². The van der Waals surface area contributed by atoms with Gasteiger partial charge in [0, 0.05) is 5.56 Å². The number of amides is 1. The molecule has 2 aromatic carbocycles. The van der Waals surface area contributed by atoms with Crippen LogP contribution in [-0.2, 0) is 0 Å². The number of hydrogen-bond acceptors (Lipinski definition) is 3. The number of carbonyl (C=O) groups excluding carboxylic acids is 1. The molecule has 128 valence electrons. The summed E-state index contributed by atoms with van der Waals surface area (Å²) in [5.41, 5.74) is 2.67. The fourth-order valence-electron chi connectivity index (χ4n) is 2.61. The van der Waals surface area contributed by atoms with Crippen molar-refractivity contribution in [3.63, 3.8) is 0 Å². The first-order valence-corrected chi connectivity index (χ1v) is 8.27. The van der Waals surface area contributed by atoms with E-state index in [-0.39, 0.29) is 11.9 Å². The summed E-state index contributed by atoms with van der Waals surface area (Å²) >= 11 is 0. The van der Waals surface area contributed by atoms with Crippen molar-refractivity contribution in [2.45, 2.75) is 33.2 Å². The molecule has 0 aromatic heterocycles. The Hall–Kier alpha value is -2.49. The SMILES string of the molecule is CCOc1ccc(C(=O)N[C@H](CC)c2ccc(OC)cc2)cc1C. The van der Waals surface area contributed by atoms with Gasteiger partial charge in [0.25, 0.3) is 5.91 Å². The third kappa shape index (κ3) is 4.28. The number of ether oxygens (including phenoxy) is 2. The molecule has 0 unspecified atom stereocenters. The highest BCUT2D eigenvalue weighted by Crippen LogP contribution is 2.22. The van der Waals surface area contributed by atoms with Crippen molar-refractivity contribution in [1.29, 1.82) is 0 Å². The topological polar surface area (TPSA) is 47.6 Å². The number of methoxy groups -OCH3 is 1. The molecule has 0 fully saturated rings. The van der Waals surface area contributed by atoms with E-state index < -0.39 is 0 Å². The first kappa shape index (κ1) is 17.9. The van der Waals surface area contributed by atoms with Gasteiger partial charge in [-0.05, 0) is 61.7 Å². The lowest BCUT2D eigenvalue weighted by molar-refractivity contribution is 0.0935. The molecule has 0 radical (unpaired) electrons. The molecule has 0 spiro atoms. The maximum atomic E-state index is 12.6. The Bertz CT molecular complexity index is 680. The molecule has 2 rings (SSSR count). The average molecular weight is 327 g/mol. The molecule has 0 aliphatic rings. The largest absolute Gasteiger partial charge is 0.497 e. The van der Waals surface area contributed by atoms with Gasteiger partial charge in [0.1, 0.15) is 11.5 Å². The van der Waals surface area contributed by atoms with Crippen LogP contribution >= 0.6 is 0 Å². The summed E-state index contributed by atoms with van der Waals surface area (Å²) in [6, 6.07) is 13.3. The summed E-state index contributed by atoms with van der Waals surface area (Å²) < 4.78 is 10.7. The van der Waals surface area contributed by atoms with E-state index in [9.17, 15) is 4.79 Å². The Labute approximate surface area is 143 Å². The normalized spacial score (nSPS) is 11.7. The molecule has 2 aromatic rings. The molecule has 0 aliphatic heterocycles. The predicted octanol–water partition coefficient (Wildman–Crippen LogP) is 4.28. The highest BCUT2D eigenvalue weighted by atomic mass is 16.5. The molecule has 1 amide bonds. The summed E-state index contributed by atoms with van der Waals surface area (Å²) in [7, 11) is 1.64. The van der Waals surface area contributed by atoms with Crippen LogP contribution in [0.25, 0.3) is 0 Å². The number of aryl methyl sites for hydroxylation is 1. The van der Waals surface area contributed by atoms with Crippen LogP contribution in [0.3, 0.4) is 0 Å². The minimum atomic E-state index is -0.0798. The highest BCUT2D eigenvalue weighted by Gasteiger charge is 2.15. The van der Waals surface area contributed by atoms with Crippen molar-refractivity contribution >= 4 is 5.91 Å². The zero-order valence-corrected chi connectivity index (χ0v) is 14.8. The van der Waals surface area contributed by atoms with E-state index in [1.807, 2.05) is 50.2 Å². The van der Waals surface area contributed by atoms with Crippen molar-refractivity contribution in [2.24, 2.45) is 0 Å². The second kappa shape index (κ2) is 8.39. The Balaban J connectivity index is 2.12. The minimum absolute atomic E-state index is 0.0321. The Kier molecular flexibility index (Phi) is 6.24. The van der Waals surface area contributed by atoms with Gasteiger partial charge in [0.2, 0.25) is 0 Å². The van der Waals surface area contributed by atoms with Gasteiger partial charge in [-0.15, -0.1) is 0 Å². The molecule has 4 nitrogen and oxygen atoms in total. The van der Waals surface area contributed by atoms with Crippen molar-refractivity contribution in [3.8, 4) is 11.5 Å². The second-order valence-corrected chi connectivity index (χ2v) is 5.62. The predicted molar refractivity (Wildman–Crippen MR) is 95.8 cm³/mol. The number of nitrogens with one attached hydrogen (secondary N) is 1. The van der Waals surface area contributed by atoms with E-state index >= 15 is 0 Å². The molecule has 4 heteroatoms. The van der Waals surface area contributed by atoms with E-state index in [2.05, 4.69) is 12.2 Å². The minimum Gasteiger partial charge on any atom is -0.497 e. The third-order valence-electron chi connectivity index (χ3n) is 3.97. The standard InChI is InChI=1S/C20H25NO3/c1-5-18(15-7-10-17(23-4)11-8-15)21-20(22)16-9-12-19(24-6-2)14(3)13-16/h7-13,18H,5-6H2,1-4H3,(H,21,22)/t18-/m1/s1. The Morgan fingerprint density at radius 2 is 1.83 bits per heavy atom. The summed E-state index contributed by atoms with van der Waals surface area (Å²) in [6.45, 7) is 6.56. The van der Waals surface area contributed by atoms with Gasteiger partial charge in [-0.2, -0.15) is 0 Å². The zero-order chi connectivity index (χ0) is 17.5. The van der Waals surface area contributed by atoms with Crippen molar-refractivity contribution in [1.82, 2.24) is 5.32 Å². The van der Waals surface area contributed by atoms with Crippen molar-refractivity contribution < 1.29 is 14.3 Å². The summed E-state index contributed by atoms with van der Waals surface area (Å²) in [5.74, 6) is 1.54. The maximum Gasteiger partial charge on any atom is 0.251 e. The molecule has 0 aliphatic carbocycles. The zero-order valence-electron chi connectivity index (χ0n) is 14.8. The van der Waals surface area contributed by atoms with Gasteiger partial charge in [0.15, 0.2) is 0 Å². The smallest absolute Gasteiger partial charge is 0.251 e. The van der Waals surface area contributed by atoms with Crippen LogP contribution in [0.4, 0.5) is 0 Å². The first-order chi connectivity index (χ1) is 11.6. The molecule has 0 saturated heterocycles. The van der Waals surface area contributed by atoms with Crippen molar-refractivity contribution in [3.05, 3.63) is 59.2 Å². The number of benzene rings is 2. The fourth-order valence-corrected chi connectivity index (χ4v) is 2.61. The molecule has 0 bridgehead atoms. The molecular weight excluding hydrogens is 302 g/mol. The lowest BCUT2D eigenvalue weighted by Crippen LogP contribution is -2.28. The van der Waals surface area contributed by atoms with Gasteiger partial charge in [-0.3, -0.25) is 4.79 Å². The van der Waals surface area contributed by atoms with Crippen LogP contribution in [0.5, 0.6) is 11.5 Å². The molecule has 0 heterocycles. The van der Waals surface area contributed by atoms with Crippen LogP contribution in [-0.4, -0.2) is 19.6 Å². The van der Waals surface area contributed by atoms with Crippen LogP contribution in [0, 0.1) is 6.92 Å². The van der Waals surface area contributed by atoms with Crippen LogP contribution in [0.15, 0.2) is 42.5 Å². The van der Waals surface area contributed by atoms with E-state index in [1.54, 1.807) is 13.2 Å². The second-order valence-electron chi connectivity index (χ2n) is 5.62. The number of rotatable bonds is 7. The van der Waals surface area contributed by atoms with Crippen LogP contribution in [0.1, 0.15) is 47.8 Å². The van der Waals surface area contributed by atoms with E-state index in [1.165, 1.54) is 0 Å². The number of hydrogen-bond donors (Lipinski definition) is 1. The lowest BCUT2D eigenvalue weighted by Gasteiger charge is -2.18. The maximum absolute atomic E-state index is 12.6. The van der Waals surface area contributed by atoms with Crippen molar-refractivity contribution in [2.75, 3.05) is 13.7 Å². The summed E-state index contributed by atoms with van der Waals surface area (Å²) in [4.78, 5) is 12.6. The average Bonchev–Trinajstić information content (AvgIpc) is 2.61. The lowest BCUT2D eigenvalue weighted by atomic mass is 10.0. The summed E-state index contributed by atoms with van der Waals surface area (Å²) in [6.07, 6.45) is 0.814. The quantitative estimate of drug-likeness (QED) is 0.825. The molecular formula is C20H25NO3. The molecule has 1 N–H and O–H groups in total. The van der Waals surface area contributed by atoms with Gasteiger partial charge in [-0.25, -0.2) is 0 Å². The van der Waals surface area contributed by atoms with E-state index in [4.69, 9.17) is 9.47 Å².